The van der Waals surface area contributed by atoms with Gasteiger partial charge in [0.15, 0.2) is 12.2 Å². The molecule has 0 bridgehead atoms. The number of hydrogen-bond acceptors (Lipinski definition) is 6. The molecule has 2 amide bonds. The highest BCUT2D eigenvalue weighted by molar-refractivity contribution is 5.87. The predicted molar refractivity (Wildman–Crippen MR) is 174 cm³/mol. The summed E-state index contributed by atoms with van der Waals surface area (Å²) in [6.45, 7) is 4.67. The second kappa shape index (κ2) is 17.0. The van der Waals surface area contributed by atoms with Gasteiger partial charge in [-0.15, -0.1) is 0 Å². The molecule has 0 aliphatic rings. The van der Waals surface area contributed by atoms with Crippen molar-refractivity contribution in [1.82, 2.24) is 10.6 Å². The molecule has 0 heterocycles. The molecule has 0 aliphatic heterocycles. The van der Waals surface area contributed by atoms with Crippen molar-refractivity contribution in [2.75, 3.05) is 0 Å². The highest BCUT2D eigenvalue weighted by atomic mass is 16.5. The first kappa shape index (κ1) is 31.7. The molecule has 0 aliphatic carbocycles. The number of amides is 2. The number of carbonyl (C=O) groups is 2. The van der Waals surface area contributed by atoms with Crippen LogP contribution >= 0.6 is 0 Å². The molecule has 8 heteroatoms. The molecule has 2 atom stereocenters. The summed E-state index contributed by atoms with van der Waals surface area (Å²) in [7, 11) is 0. The lowest BCUT2D eigenvalue weighted by Gasteiger charge is -2.18. The summed E-state index contributed by atoms with van der Waals surface area (Å²) < 4.78 is 12.2. The van der Waals surface area contributed by atoms with Crippen LogP contribution in [0.25, 0.3) is 0 Å². The first-order valence-corrected chi connectivity index (χ1v) is 14.8. The molecule has 4 aromatic rings. The Labute approximate surface area is 258 Å². The fourth-order valence-electron chi connectivity index (χ4n) is 4.33. The standard InChI is InChI=1S/C36H38N4O4/c1-3-31(35(41)37-23-27-15-7-5-8-16-27)43-33-21-13-11-19-29(33)25-39-40-26-30-20-12-14-22-34(30)44-32(4-2)36(42)38-24-28-17-9-6-10-18-28/h5-22,25-26,31-32H,3-4,23-24H2,1-2H3,(H,37,41)(H,38,42)/b39-25-,40-26-/t31-,32-/m0/s1. The van der Waals surface area contributed by atoms with Crippen molar-refractivity contribution in [2.24, 2.45) is 10.2 Å². The summed E-state index contributed by atoms with van der Waals surface area (Å²) in [5, 5.41) is 14.3. The quantitative estimate of drug-likeness (QED) is 0.129. The molecular formula is C36H38N4O4. The lowest BCUT2D eigenvalue weighted by Crippen LogP contribution is -2.37. The van der Waals surface area contributed by atoms with Gasteiger partial charge in [0.25, 0.3) is 11.8 Å². The number of benzene rings is 4. The summed E-state index contributed by atoms with van der Waals surface area (Å²) in [5.74, 6) is 0.696. The van der Waals surface area contributed by atoms with Crippen LogP contribution in [0.2, 0.25) is 0 Å². The Morgan fingerprint density at radius 1 is 0.591 bits per heavy atom. The van der Waals surface area contributed by atoms with Gasteiger partial charge in [0.05, 0.1) is 12.4 Å². The van der Waals surface area contributed by atoms with E-state index in [0.717, 1.165) is 11.1 Å². The molecule has 8 nitrogen and oxygen atoms in total. The second-order valence-corrected chi connectivity index (χ2v) is 10.0. The van der Waals surface area contributed by atoms with Gasteiger partial charge in [0.1, 0.15) is 11.5 Å². The Balaban J connectivity index is 1.37. The maximum Gasteiger partial charge on any atom is 0.261 e. The number of nitrogens with one attached hydrogen (secondary N) is 2. The van der Waals surface area contributed by atoms with Crippen molar-refractivity contribution in [2.45, 2.75) is 52.0 Å². The third-order valence-electron chi connectivity index (χ3n) is 6.78. The van der Waals surface area contributed by atoms with Crippen molar-refractivity contribution >= 4 is 24.2 Å². The molecule has 0 unspecified atom stereocenters. The van der Waals surface area contributed by atoms with Crippen LogP contribution < -0.4 is 20.1 Å². The van der Waals surface area contributed by atoms with E-state index in [1.807, 2.05) is 111 Å². The average Bonchev–Trinajstić information content (AvgIpc) is 3.07. The lowest BCUT2D eigenvalue weighted by molar-refractivity contribution is -0.129. The van der Waals surface area contributed by atoms with Crippen molar-refractivity contribution in [1.29, 1.82) is 0 Å². The number of carbonyl (C=O) groups excluding carboxylic acids is 2. The SMILES string of the molecule is CC[C@H](Oc1ccccc1/C=N\N=C/c1ccccc1O[C@@H](CC)C(=O)NCc1ccccc1)C(=O)NCc1ccccc1. The van der Waals surface area contributed by atoms with Crippen molar-refractivity contribution in [3.05, 3.63) is 131 Å². The van der Waals surface area contributed by atoms with Gasteiger partial charge in [-0.25, -0.2) is 0 Å². The van der Waals surface area contributed by atoms with Crippen LogP contribution in [0.1, 0.15) is 48.9 Å². The maximum atomic E-state index is 12.8. The van der Waals surface area contributed by atoms with Crippen LogP contribution in [0, 0.1) is 0 Å². The molecule has 0 aromatic heterocycles. The van der Waals surface area contributed by atoms with Gasteiger partial charge in [-0.3, -0.25) is 9.59 Å². The van der Waals surface area contributed by atoms with Gasteiger partial charge in [-0.1, -0.05) is 98.8 Å². The molecule has 2 N–H and O–H groups in total. The Bertz CT molecular complexity index is 1420. The van der Waals surface area contributed by atoms with Gasteiger partial charge in [0, 0.05) is 24.2 Å². The van der Waals surface area contributed by atoms with Crippen LogP contribution in [0.15, 0.2) is 119 Å². The Morgan fingerprint density at radius 2 is 0.955 bits per heavy atom. The predicted octanol–water partition coefficient (Wildman–Crippen LogP) is 6.09. The minimum atomic E-state index is -0.655. The number of para-hydroxylation sites is 2. The van der Waals surface area contributed by atoms with E-state index in [2.05, 4.69) is 20.8 Å². The third-order valence-corrected chi connectivity index (χ3v) is 6.78. The van der Waals surface area contributed by atoms with Gasteiger partial charge < -0.3 is 20.1 Å². The van der Waals surface area contributed by atoms with E-state index in [4.69, 9.17) is 9.47 Å². The van der Waals surface area contributed by atoms with E-state index < -0.39 is 12.2 Å². The van der Waals surface area contributed by atoms with E-state index in [0.29, 0.717) is 48.6 Å². The third kappa shape index (κ3) is 9.66. The number of nitrogens with zero attached hydrogens (tertiary/aromatic N) is 2. The second-order valence-electron chi connectivity index (χ2n) is 10.0. The summed E-state index contributed by atoms with van der Waals surface area (Å²) in [6, 6.07) is 34.2. The monoisotopic (exact) mass is 590 g/mol. The van der Waals surface area contributed by atoms with Gasteiger partial charge in [0.2, 0.25) is 0 Å². The zero-order valence-electron chi connectivity index (χ0n) is 25.1. The Kier molecular flexibility index (Phi) is 12.3. The van der Waals surface area contributed by atoms with Crippen molar-refractivity contribution < 1.29 is 19.1 Å². The van der Waals surface area contributed by atoms with Gasteiger partial charge >= 0.3 is 0 Å². The highest BCUT2D eigenvalue weighted by Gasteiger charge is 2.20. The van der Waals surface area contributed by atoms with Crippen LogP contribution in [-0.2, 0) is 22.7 Å². The molecule has 0 spiro atoms. The summed E-state index contributed by atoms with van der Waals surface area (Å²) >= 11 is 0. The topological polar surface area (TPSA) is 101 Å². The molecule has 4 aromatic carbocycles. The molecule has 0 saturated carbocycles. The summed E-state index contributed by atoms with van der Waals surface area (Å²) in [6.07, 6.45) is 2.86. The van der Waals surface area contributed by atoms with E-state index in [-0.39, 0.29) is 11.8 Å². The smallest absolute Gasteiger partial charge is 0.261 e. The molecular weight excluding hydrogens is 552 g/mol. The zero-order valence-corrected chi connectivity index (χ0v) is 25.1. The Morgan fingerprint density at radius 3 is 1.34 bits per heavy atom. The minimum Gasteiger partial charge on any atom is -0.480 e. The average molecular weight is 591 g/mol. The molecule has 44 heavy (non-hydrogen) atoms. The fourth-order valence-corrected chi connectivity index (χ4v) is 4.33. The van der Waals surface area contributed by atoms with Gasteiger partial charge in [-0.2, -0.15) is 10.2 Å². The van der Waals surface area contributed by atoms with Crippen LogP contribution in [0.5, 0.6) is 11.5 Å². The highest BCUT2D eigenvalue weighted by Crippen LogP contribution is 2.20. The molecule has 4 rings (SSSR count). The number of rotatable bonds is 15. The lowest BCUT2D eigenvalue weighted by atomic mass is 10.2. The van der Waals surface area contributed by atoms with E-state index in [9.17, 15) is 9.59 Å². The first-order chi connectivity index (χ1) is 21.6. The van der Waals surface area contributed by atoms with E-state index in [1.54, 1.807) is 24.6 Å². The summed E-state index contributed by atoms with van der Waals surface area (Å²) in [5.41, 5.74) is 3.41. The van der Waals surface area contributed by atoms with Crippen LogP contribution in [0.3, 0.4) is 0 Å². The zero-order chi connectivity index (χ0) is 31.0. The first-order valence-electron chi connectivity index (χ1n) is 14.8. The molecule has 0 fully saturated rings. The van der Waals surface area contributed by atoms with Crippen LogP contribution in [-0.4, -0.2) is 36.5 Å². The minimum absolute atomic E-state index is 0.183. The van der Waals surface area contributed by atoms with E-state index in [1.165, 1.54) is 0 Å². The van der Waals surface area contributed by atoms with Crippen molar-refractivity contribution in [3.8, 4) is 11.5 Å². The number of hydrogen-bond donors (Lipinski definition) is 2. The fraction of sp³-hybridized carbons (Fsp3) is 0.222. The van der Waals surface area contributed by atoms with E-state index >= 15 is 0 Å². The largest absolute Gasteiger partial charge is 0.480 e. The summed E-state index contributed by atoms with van der Waals surface area (Å²) in [4.78, 5) is 25.6. The van der Waals surface area contributed by atoms with Crippen molar-refractivity contribution in [3.63, 3.8) is 0 Å². The molecule has 226 valence electrons. The molecule has 0 radical (unpaired) electrons. The van der Waals surface area contributed by atoms with Crippen LogP contribution in [0.4, 0.5) is 0 Å². The Hall–Kier alpha value is -5.24. The number of ether oxygens (including phenoxy) is 2. The van der Waals surface area contributed by atoms with Gasteiger partial charge in [-0.05, 0) is 48.2 Å². The molecule has 0 saturated heterocycles. The maximum absolute atomic E-state index is 12.8. The normalized spacial score (nSPS) is 12.5.